The summed E-state index contributed by atoms with van der Waals surface area (Å²) >= 11 is 6.07. The van der Waals surface area contributed by atoms with Crippen LogP contribution in [0.3, 0.4) is 0 Å². The molecule has 0 aromatic heterocycles. The van der Waals surface area contributed by atoms with Crippen LogP contribution in [-0.4, -0.2) is 13.1 Å². The van der Waals surface area contributed by atoms with Crippen LogP contribution in [0.4, 0.5) is 0 Å². The van der Waals surface area contributed by atoms with Gasteiger partial charge in [0, 0.05) is 17.5 Å². The van der Waals surface area contributed by atoms with Crippen molar-refractivity contribution in [1.82, 2.24) is 5.32 Å². The highest BCUT2D eigenvalue weighted by atomic mass is 35.5. The molecule has 1 aliphatic heterocycles. The number of rotatable bonds is 3. The van der Waals surface area contributed by atoms with Gasteiger partial charge in [-0.05, 0) is 67.7 Å². The van der Waals surface area contributed by atoms with Crippen LogP contribution in [-0.2, 0) is 0 Å². The molecule has 1 aliphatic carbocycles. The van der Waals surface area contributed by atoms with E-state index in [0.29, 0.717) is 11.3 Å². The molecular formula is C19H28ClN. The Morgan fingerprint density at radius 1 is 1.14 bits per heavy atom. The lowest BCUT2D eigenvalue weighted by atomic mass is 9.58. The summed E-state index contributed by atoms with van der Waals surface area (Å²) in [4.78, 5) is 0. The topological polar surface area (TPSA) is 12.0 Å². The van der Waals surface area contributed by atoms with Crippen molar-refractivity contribution in [3.63, 3.8) is 0 Å². The van der Waals surface area contributed by atoms with Crippen LogP contribution in [0.5, 0.6) is 0 Å². The van der Waals surface area contributed by atoms with E-state index < -0.39 is 0 Å². The van der Waals surface area contributed by atoms with Crippen LogP contribution in [0, 0.1) is 11.3 Å². The van der Waals surface area contributed by atoms with Crippen LogP contribution in [0.15, 0.2) is 24.3 Å². The van der Waals surface area contributed by atoms with Gasteiger partial charge in [-0.15, -0.1) is 0 Å². The molecule has 21 heavy (non-hydrogen) atoms. The van der Waals surface area contributed by atoms with Crippen molar-refractivity contribution in [3.05, 3.63) is 34.9 Å². The Morgan fingerprint density at radius 3 is 2.52 bits per heavy atom. The second-order valence-corrected chi connectivity index (χ2v) is 7.59. The Morgan fingerprint density at radius 2 is 1.86 bits per heavy atom. The Balaban J connectivity index is 1.77. The molecule has 0 radical (unpaired) electrons. The lowest BCUT2D eigenvalue weighted by molar-refractivity contribution is 0.0768. The maximum atomic E-state index is 6.07. The standard InChI is InChI=1S/C19H28ClN/c1-2-3-15-8-10-19(11-9-15)12-13-21-14-18(19)16-4-6-17(20)7-5-16/h4-7,15,18,21H,2-3,8-14H2,1H3. The van der Waals surface area contributed by atoms with Crippen molar-refractivity contribution in [1.29, 1.82) is 0 Å². The summed E-state index contributed by atoms with van der Waals surface area (Å²) in [6, 6.07) is 8.61. The fraction of sp³-hybridized carbons (Fsp3) is 0.684. The summed E-state index contributed by atoms with van der Waals surface area (Å²) in [6.45, 7) is 4.66. The molecule has 0 bridgehead atoms. The molecule has 116 valence electrons. The van der Waals surface area contributed by atoms with Gasteiger partial charge in [-0.25, -0.2) is 0 Å². The first-order valence-electron chi connectivity index (χ1n) is 8.70. The number of halogens is 1. The van der Waals surface area contributed by atoms with Gasteiger partial charge in [-0.1, -0.05) is 43.5 Å². The van der Waals surface area contributed by atoms with Gasteiger partial charge in [0.25, 0.3) is 0 Å². The zero-order valence-electron chi connectivity index (χ0n) is 13.2. The van der Waals surface area contributed by atoms with E-state index in [1.54, 1.807) is 0 Å². The van der Waals surface area contributed by atoms with E-state index in [-0.39, 0.29) is 0 Å². The summed E-state index contributed by atoms with van der Waals surface area (Å²) in [5, 5.41) is 4.47. The fourth-order valence-electron chi connectivity index (χ4n) is 4.69. The summed E-state index contributed by atoms with van der Waals surface area (Å²) in [5.41, 5.74) is 2.03. The van der Waals surface area contributed by atoms with Gasteiger partial charge in [0.1, 0.15) is 0 Å². The molecule has 3 rings (SSSR count). The van der Waals surface area contributed by atoms with Gasteiger partial charge in [0.2, 0.25) is 0 Å². The van der Waals surface area contributed by atoms with Crippen LogP contribution in [0.1, 0.15) is 63.4 Å². The third-order valence-corrected chi connectivity index (χ3v) is 6.21. The molecule has 2 aliphatic rings. The normalized spacial score (nSPS) is 33.2. The second kappa shape index (κ2) is 6.71. The molecule has 1 aromatic carbocycles. The lowest BCUT2D eigenvalue weighted by Gasteiger charge is -2.49. The highest BCUT2D eigenvalue weighted by molar-refractivity contribution is 6.30. The number of nitrogens with one attached hydrogen (secondary N) is 1. The highest BCUT2D eigenvalue weighted by Gasteiger charge is 2.43. The molecule has 1 aromatic rings. The van der Waals surface area contributed by atoms with E-state index in [0.717, 1.165) is 17.5 Å². The second-order valence-electron chi connectivity index (χ2n) is 7.15. The van der Waals surface area contributed by atoms with Crippen molar-refractivity contribution in [3.8, 4) is 0 Å². The van der Waals surface area contributed by atoms with Crippen molar-refractivity contribution >= 4 is 11.6 Å². The average molecular weight is 306 g/mol. The Kier molecular flexibility index (Phi) is 4.91. The lowest BCUT2D eigenvalue weighted by Crippen LogP contribution is -2.45. The van der Waals surface area contributed by atoms with Crippen molar-refractivity contribution in [2.45, 2.75) is 57.8 Å². The predicted molar refractivity (Wildman–Crippen MR) is 91.0 cm³/mol. The minimum atomic E-state index is 0.545. The molecule has 0 amide bonds. The summed E-state index contributed by atoms with van der Waals surface area (Å²) in [7, 11) is 0. The largest absolute Gasteiger partial charge is 0.316 e. The van der Waals surface area contributed by atoms with Crippen LogP contribution in [0.2, 0.25) is 5.02 Å². The summed E-state index contributed by atoms with van der Waals surface area (Å²) in [5.74, 6) is 1.66. The first-order valence-corrected chi connectivity index (χ1v) is 9.07. The quantitative estimate of drug-likeness (QED) is 0.789. The van der Waals surface area contributed by atoms with E-state index in [2.05, 4.69) is 36.5 Å². The van der Waals surface area contributed by atoms with E-state index in [1.165, 1.54) is 57.1 Å². The summed E-state index contributed by atoms with van der Waals surface area (Å²) < 4.78 is 0. The van der Waals surface area contributed by atoms with Crippen LogP contribution >= 0.6 is 11.6 Å². The molecule has 1 spiro atoms. The molecule has 2 heteroatoms. The maximum absolute atomic E-state index is 6.07. The third kappa shape index (κ3) is 3.29. The minimum Gasteiger partial charge on any atom is -0.316 e. The zero-order chi connectivity index (χ0) is 14.7. The van der Waals surface area contributed by atoms with Gasteiger partial charge in [0.15, 0.2) is 0 Å². The van der Waals surface area contributed by atoms with Gasteiger partial charge in [-0.2, -0.15) is 0 Å². The average Bonchev–Trinajstić information content (AvgIpc) is 2.52. The number of piperidine rings is 1. The minimum absolute atomic E-state index is 0.545. The number of hydrogen-bond donors (Lipinski definition) is 1. The van der Waals surface area contributed by atoms with Gasteiger partial charge in [0.05, 0.1) is 0 Å². The first kappa shape index (κ1) is 15.4. The predicted octanol–water partition coefficient (Wildman–Crippen LogP) is 5.39. The van der Waals surface area contributed by atoms with E-state index in [9.17, 15) is 0 Å². The molecule has 2 fully saturated rings. The number of hydrogen-bond acceptors (Lipinski definition) is 1. The Bertz CT molecular complexity index is 445. The van der Waals surface area contributed by atoms with Crippen molar-refractivity contribution < 1.29 is 0 Å². The Hall–Kier alpha value is -0.530. The molecule has 1 heterocycles. The summed E-state index contributed by atoms with van der Waals surface area (Å²) in [6.07, 6.45) is 9.86. The third-order valence-electron chi connectivity index (χ3n) is 5.96. The smallest absolute Gasteiger partial charge is 0.0406 e. The monoisotopic (exact) mass is 305 g/mol. The fourth-order valence-corrected chi connectivity index (χ4v) is 4.81. The zero-order valence-corrected chi connectivity index (χ0v) is 14.0. The van der Waals surface area contributed by atoms with Crippen LogP contribution in [0.25, 0.3) is 0 Å². The SMILES string of the molecule is CCCC1CCC2(CCNCC2c2ccc(Cl)cc2)CC1. The van der Waals surface area contributed by atoms with Gasteiger partial charge >= 0.3 is 0 Å². The highest BCUT2D eigenvalue weighted by Crippen LogP contribution is 2.52. The first-order chi connectivity index (χ1) is 10.2. The van der Waals surface area contributed by atoms with Crippen molar-refractivity contribution in [2.24, 2.45) is 11.3 Å². The Labute approximate surface area is 134 Å². The van der Waals surface area contributed by atoms with E-state index in [4.69, 9.17) is 11.6 Å². The molecular weight excluding hydrogens is 278 g/mol. The molecule has 1 N–H and O–H groups in total. The molecule has 1 nitrogen and oxygen atoms in total. The van der Waals surface area contributed by atoms with Gasteiger partial charge in [-0.3, -0.25) is 0 Å². The molecule has 1 atom stereocenters. The van der Waals surface area contributed by atoms with Crippen molar-refractivity contribution in [2.75, 3.05) is 13.1 Å². The van der Waals surface area contributed by atoms with Crippen LogP contribution < -0.4 is 5.32 Å². The van der Waals surface area contributed by atoms with Gasteiger partial charge < -0.3 is 5.32 Å². The molecule has 1 saturated carbocycles. The van der Waals surface area contributed by atoms with E-state index >= 15 is 0 Å². The molecule has 1 saturated heterocycles. The molecule has 1 unspecified atom stereocenters. The van der Waals surface area contributed by atoms with E-state index in [1.807, 2.05) is 0 Å². The number of benzene rings is 1. The maximum Gasteiger partial charge on any atom is 0.0406 e.